The Morgan fingerprint density at radius 3 is 1.75 bits per heavy atom. The molecule has 0 bridgehead atoms. The van der Waals surface area contributed by atoms with Gasteiger partial charge in [0.1, 0.15) is 0 Å². The summed E-state index contributed by atoms with van der Waals surface area (Å²) in [4.78, 5) is 14.4. The maximum Gasteiger partial charge on any atom is 0.0923 e. The first-order valence-corrected chi connectivity index (χ1v) is 9.60. The summed E-state index contributed by atoms with van der Waals surface area (Å²) in [6.07, 6.45) is 9.17. The third-order valence-electron chi connectivity index (χ3n) is 5.22. The standard InChI is InChI=1S/C14H18N2.C10H10N2/c1-9-5-10(2)12(4)14(11(9)3)6-13-7-15-8-16-13;1-2-4-9(5-3-1)6-10-7-11-8-12-10/h5,7-8H,6H2,1-4H3,(H,15,16);1-5,7-8H,6H2,(H,11,12). The number of hydrogen-bond acceptors (Lipinski definition) is 2. The van der Waals surface area contributed by atoms with E-state index in [2.05, 4.69) is 65.8 Å². The van der Waals surface area contributed by atoms with E-state index in [0.29, 0.717) is 0 Å². The lowest BCUT2D eigenvalue weighted by molar-refractivity contribution is 1.04. The van der Waals surface area contributed by atoms with Gasteiger partial charge < -0.3 is 9.97 Å². The summed E-state index contributed by atoms with van der Waals surface area (Å²) in [7, 11) is 0. The van der Waals surface area contributed by atoms with Gasteiger partial charge >= 0.3 is 0 Å². The smallest absolute Gasteiger partial charge is 0.0923 e. The zero-order valence-corrected chi connectivity index (χ0v) is 17.1. The molecule has 2 aromatic heterocycles. The molecule has 0 aliphatic carbocycles. The monoisotopic (exact) mass is 372 g/mol. The second kappa shape index (κ2) is 9.18. The Hall–Kier alpha value is -3.14. The van der Waals surface area contributed by atoms with Crippen molar-refractivity contribution in [2.24, 2.45) is 0 Å². The summed E-state index contributed by atoms with van der Waals surface area (Å²) >= 11 is 0. The van der Waals surface area contributed by atoms with Crippen LogP contribution >= 0.6 is 0 Å². The van der Waals surface area contributed by atoms with Gasteiger partial charge in [-0.05, 0) is 61.1 Å². The van der Waals surface area contributed by atoms with Gasteiger partial charge in [-0.3, -0.25) is 0 Å². The molecule has 2 N–H and O–H groups in total. The summed E-state index contributed by atoms with van der Waals surface area (Å²) in [6, 6.07) is 12.6. The Morgan fingerprint density at radius 2 is 1.25 bits per heavy atom. The minimum atomic E-state index is 0.907. The number of aromatic nitrogens is 4. The number of nitrogens with zero attached hydrogens (tertiary/aromatic N) is 2. The van der Waals surface area contributed by atoms with Gasteiger partial charge in [0.15, 0.2) is 0 Å². The van der Waals surface area contributed by atoms with Gasteiger partial charge in [0, 0.05) is 25.2 Å². The lowest BCUT2D eigenvalue weighted by atomic mass is 9.92. The molecule has 4 aromatic rings. The van der Waals surface area contributed by atoms with Crippen molar-refractivity contribution < 1.29 is 0 Å². The first-order chi connectivity index (χ1) is 13.5. The summed E-state index contributed by atoms with van der Waals surface area (Å²) in [5, 5.41) is 0. The van der Waals surface area contributed by atoms with Gasteiger partial charge in [-0.15, -0.1) is 0 Å². The van der Waals surface area contributed by atoms with Gasteiger partial charge in [-0.1, -0.05) is 36.4 Å². The fraction of sp³-hybridized carbons (Fsp3) is 0.250. The number of imidazole rings is 2. The average molecular weight is 373 g/mol. The fourth-order valence-corrected chi connectivity index (χ4v) is 3.32. The molecule has 0 fully saturated rings. The second-order valence-corrected chi connectivity index (χ2v) is 7.20. The number of nitrogens with one attached hydrogen (secondary N) is 2. The topological polar surface area (TPSA) is 57.4 Å². The highest BCUT2D eigenvalue weighted by atomic mass is 14.9. The first kappa shape index (κ1) is 19.6. The molecule has 2 aromatic carbocycles. The maximum atomic E-state index is 4.30. The highest BCUT2D eigenvalue weighted by molar-refractivity contribution is 5.45. The average Bonchev–Trinajstić information content (AvgIpc) is 3.39. The van der Waals surface area contributed by atoms with E-state index in [1.54, 1.807) is 12.7 Å². The number of benzene rings is 2. The van der Waals surface area contributed by atoms with Crippen LogP contribution in [-0.2, 0) is 12.8 Å². The fourth-order valence-electron chi connectivity index (χ4n) is 3.32. The molecule has 0 radical (unpaired) electrons. The minimum Gasteiger partial charge on any atom is -0.351 e. The molecule has 0 aliphatic rings. The van der Waals surface area contributed by atoms with Crippen LogP contribution in [-0.4, -0.2) is 19.9 Å². The lowest BCUT2D eigenvalue weighted by Gasteiger charge is -2.14. The van der Waals surface area contributed by atoms with Crippen molar-refractivity contribution in [2.45, 2.75) is 40.5 Å². The minimum absolute atomic E-state index is 0.907. The Balaban J connectivity index is 0.000000167. The maximum absolute atomic E-state index is 4.30. The molecule has 4 nitrogen and oxygen atoms in total. The summed E-state index contributed by atoms with van der Waals surface area (Å²) < 4.78 is 0. The first-order valence-electron chi connectivity index (χ1n) is 9.60. The van der Waals surface area contributed by atoms with E-state index in [0.717, 1.165) is 24.2 Å². The Labute approximate surface area is 167 Å². The van der Waals surface area contributed by atoms with E-state index in [9.17, 15) is 0 Å². The zero-order valence-electron chi connectivity index (χ0n) is 17.1. The highest BCUT2D eigenvalue weighted by Gasteiger charge is 2.09. The van der Waals surface area contributed by atoms with Gasteiger partial charge in [0.05, 0.1) is 24.0 Å². The highest BCUT2D eigenvalue weighted by Crippen LogP contribution is 2.23. The van der Waals surface area contributed by atoms with Gasteiger partial charge in [-0.25, -0.2) is 9.97 Å². The molecule has 2 heterocycles. The van der Waals surface area contributed by atoms with Crippen LogP contribution in [0.5, 0.6) is 0 Å². The number of aryl methyl sites for hydroxylation is 2. The Bertz CT molecular complexity index is 959. The molecule has 4 heteroatoms. The van der Waals surface area contributed by atoms with Crippen LogP contribution in [0.25, 0.3) is 0 Å². The van der Waals surface area contributed by atoms with E-state index in [1.165, 1.54) is 33.4 Å². The molecule has 144 valence electrons. The van der Waals surface area contributed by atoms with E-state index in [-0.39, 0.29) is 0 Å². The van der Waals surface area contributed by atoms with Crippen molar-refractivity contribution in [3.8, 4) is 0 Å². The molecule has 4 rings (SSSR count). The van der Waals surface area contributed by atoms with E-state index >= 15 is 0 Å². The van der Waals surface area contributed by atoms with Crippen LogP contribution in [0.4, 0.5) is 0 Å². The van der Waals surface area contributed by atoms with Crippen LogP contribution in [0.3, 0.4) is 0 Å². The summed E-state index contributed by atoms with van der Waals surface area (Å²) in [5.41, 5.74) is 10.4. The SMILES string of the molecule is Cc1cc(C)c(C)c(Cc2c[nH]cn2)c1C.c1ccc(Cc2c[nH]cn2)cc1. The van der Waals surface area contributed by atoms with Crippen molar-refractivity contribution >= 4 is 0 Å². The molecule has 0 saturated heterocycles. The quantitative estimate of drug-likeness (QED) is 0.515. The number of H-pyrrole nitrogens is 2. The predicted octanol–water partition coefficient (Wildman–Crippen LogP) is 5.23. The lowest BCUT2D eigenvalue weighted by Crippen LogP contribution is -2.00. The van der Waals surface area contributed by atoms with Crippen LogP contribution in [0, 0.1) is 27.7 Å². The second-order valence-electron chi connectivity index (χ2n) is 7.20. The zero-order chi connectivity index (χ0) is 19.9. The van der Waals surface area contributed by atoms with Crippen molar-refractivity contribution in [3.63, 3.8) is 0 Å². The van der Waals surface area contributed by atoms with Crippen molar-refractivity contribution in [2.75, 3.05) is 0 Å². The molecular weight excluding hydrogens is 344 g/mol. The van der Waals surface area contributed by atoms with Crippen LogP contribution in [0.1, 0.15) is 44.8 Å². The van der Waals surface area contributed by atoms with E-state index < -0.39 is 0 Å². The number of aromatic amines is 2. The van der Waals surface area contributed by atoms with Crippen molar-refractivity contribution in [1.29, 1.82) is 0 Å². The van der Waals surface area contributed by atoms with Crippen LogP contribution in [0.2, 0.25) is 0 Å². The molecule has 0 saturated carbocycles. The predicted molar refractivity (Wildman–Crippen MR) is 115 cm³/mol. The van der Waals surface area contributed by atoms with Crippen LogP contribution in [0.15, 0.2) is 61.4 Å². The van der Waals surface area contributed by atoms with Gasteiger partial charge in [-0.2, -0.15) is 0 Å². The molecule has 0 aliphatic heterocycles. The van der Waals surface area contributed by atoms with Crippen molar-refractivity contribution in [3.05, 3.63) is 106 Å². The van der Waals surface area contributed by atoms with E-state index in [4.69, 9.17) is 0 Å². The van der Waals surface area contributed by atoms with Gasteiger partial charge in [0.25, 0.3) is 0 Å². The molecule has 28 heavy (non-hydrogen) atoms. The molecule has 0 spiro atoms. The largest absolute Gasteiger partial charge is 0.351 e. The van der Waals surface area contributed by atoms with Gasteiger partial charge in [0.2, 0.25) is 0 Å². The Morgan fingerprint density at radius 1 is 0.714 bits per heavy atom. The van der Waals surface area contributed by atoms with Crippen molar-refractivity contribution in [1.82, 2.24) is 19.9 Å². The Kier molecular flexibility index (Phi) is 6.43. The molecule has 0 amide bonds. The molecular formula is C24H28N4. The molecule has 0 atom stereocenters. The summed E-state index contributed by atoms with van der Waals surface area (Å²) in [6.45, 7) is 8.75. The normalized spacial score (nSPS) is 10.4. The number of rotatable bonds is 4. The third kappa shape index (κ3) is 4.97. The summed E-state index contributed by atoms with van der Waals surface area (Å²) in [5.74, 6) is 0. The molecule has 0 unspecified atom stereocenters. The third-order valence-corrected chi connectivity index (χ3v) is 5.22. The van der Waals surface area contributed by atoms with E-state index in [1.807, 2.05) is 30.6 Å². The number of hydrogen-bond donors (Lipinski definition) is 2. The van der Waals surface area contributed by atoms with Crippen LogP contribution < -0.4 is 0 Å².